The van der Waals surface area contributed by atoms with Gasteiger partial charge in [0.15, 0.2) is 5.75 Å². The number of nitrogens with zero attached hydrogens (tertiary/aromatic N) is 5. The Morgan fingerprint density at radius 3 is 2.57 bits per heavy atom. The number of nitrogens with one attached hydrogen (secondary N) is 2. The lowest BCUT2D eigenvalue weighted by Gasteiger charge is -2.31. The summed E-state index contributed by atoms with van der Waals surface area (Å²) >= 11 is 5.23. The molecule has 6 rings (SSSR count). The predicted molar refractivity (Wildman–Crippen MR) is 174 cm³/mol. The summed E-state index contributed by atoms with van der Waals surface area (Å²) in [5.41, 5.74) is 5.82. The van der Waals surface area contributed by atoms with Gasteiger partial charge in [-0.1, -0.05) is 0 Å². The number of ether oxygens (including phenoxy) is 2. The summed E-state index contributed by atoms with van der Waals surface area (Å²) in [4.78, 5) is 20.5. The first kappa shape index (κ1) is 28.5. The van der Waals surface area contributed by atoms with Crippen molar-refractivity contribution in [2.24, 2.45) is 0 Å². The second-order valence-corrected chi connectivity index (χ2v) is 14.8. The van der Waals surface area contributed by atoms with Crippen molar-refractivity contribution in [3.63, 3.8) is 0 Å². The quantitative estimate of drug-likeness (QED) is 0.178. The third-order valence-electron chi connectivity index (χ3n) is 6.88. The van der Waals surface area contributed by atoms with E-state index in [4.69, 9.17) is 14.5 Å². The minimum Gasteiger partial charge on any atom is -0.492 e. The van der Waals surface area contributed by atoms with E-state index in [2.05, 4.69) is 69.3 Å². The van der Waals surface area contributed by atoms with Crippen LogP contribution in [0.15, 0.2) is 64.2 Å². The number of hydrogen-bond donors (Lipinski definition) is 2. The van der Waals surface area contributed by atoms with Crippen LogP contribution in [0.25, 0.3) is 22.2 Å². The maximum absolute atomic E-state index is 13.4. The van der Waals surface area contributed by atoms with Gasteiger partial charge in [0.2, 0.25) is 5.95 Å². The normalized spacial score (nSPS) is 13.8. The molecular formula is C29H29BrN7O3PS. The van der Waals surface area contributed by atoms with E-state index < -0.39 is 7.14 Å². The van der Waals surface area contributed by atoms with Crippen LogP contribution in [-0.2, 0) is 9.30 Å². The van der Waals surface area contributed by atoms with Crippen LogP contribution >= 0.6 is 34.4 Å². The molecule has 1 aliphatic heterocycles. The van der Waals surface area contributed by atoms with Gasteiger partial charge >= 0.3 is 0 Å². The Morgan fingerprint density at radius 1 is 1.02 bits per heavy atom. The van der Waals surface area contributed by atoms with E-state index in [0.717, 1.165) is 35.6 Å². The maximum Gasteiger partial charge on any atom is 0.229 e. The van der Waals surface area contributed by atoms with Gasteiger partial charge in [0.05, 0.1) is 52.7 Å². The van der Waals surface area contributed by atoms with Crippen molar-refractivity contribution in [1.29, 1.82) is 0 Å². The molecular weight excluding hydrogens is 637 g/mol. The van der Waals surface area contributed by atoms with Crippen LogP contribution < -0.4 is 25.6 Å². The Balaban J connectivity index is 1.39. The molecule has 0 spiro atoms. The van der Waals surface area contributed by atoms with E-state index >= 15 is 0 Å². The molecule has 0 unspecified atom stereocenters. The first-order chi connectivity index (χ1) is 20.3. The molecule has 13 heteroatoms. The second-order valence-electron chi connectivity index (χ2n) is 10.1. The highest BCUT2D eigenvalue weighted by molar-refractivity contribution is 9.10. The molecule has 10 nitrogen and oxygen atoms in total. The van der Waals surface area contributed by atoms with E-state index in [0.29, 0.717) is 57.2 Å². The molecule has 4 heterocycles. The first-order valence-electron chi connectivity index (χ1n) is 13.2. The topological polar surface area (TPSA) is 114 Å². The Kier molecular flexibility index (Phi) is 8.13. The smallest absolute Gasteiger partial charge is 0.229 e. The lowest BCUT2D eigenvalue weighted by Crippen LogP contribution is -2.36. The maximum atomic E-state index is 13.4. The fourth-order valence-electron chi connectivity index (χ4n) is 4.99. The van der Waals surface area contributed by atoms with Crippen molar-refractivity contribution in [2.75, 3.05) is 62.3 Å². The highest BCUT2D eigenvalue weighted by Crippen LogP contribution is 2.43. The molecule has 1 aliphatic rings. The number of morpholine rings is 1. The molecule has 0 amide bonds. The zero-order valence-corrected chi connectivity index (χ0v) is 26.6. The summed E-state index contributed by atoms with van der Waals surface area (Å²) in [6.45, 7) is 6.30. The van der Waals surface area contributed by atoms with E-state index in [1.54, 1.807) is 50.4 Å². The predicted octanol–water partition coefficient (Wildman–Crippen LogP) is 6.49. The van der Waals surface area contributed by atoms with Crippen LogP contribution in [0.2, 0.25) is 0 Å². The molecule has 0 aliphatic carbocycles. The Morgan fingerprint density at radius 2 is 1.83 bits per heavy atom. The molecule has 1 fully saturated rings. The zero-order valence-electron chi connectivity index (χ0n) is 23.3. The molecule has 0 saturated carbocycles. The van der Waals surface area contributed by atoms with E-state index in [-0.39, 0.29) is 0 Å². The summed E-state index contributed by atoms with van der Waals surface area (Å²) in [6.07, 6.45) is 4.91. The second kappa shape index (κ2) is 12.0. The highest BCUT2D eigenvalue weighted by atomic mass is 79.9. The first-order valence-corrected chi connectivity index (χ1v) is 17.6. The van der Waals surface area contributed by atoms with Gasteiger partial charge in [-0.2, -0.15) is 16.3 Å². The van der Waals surface area contributed by atoms with Crippen molar-refractivity contribution >= 4 is 79.6 Å². The van der Waals surface area contributed by atoms with Gasteiger partial charge in [0.25, 0.3) is 0 Å². The summed E-state index contributed by atoms with van der Waals surface area (Å²) in [6, 6.07) is 10.0. The van der Waals surface area contributed by atoms with Gasteiger partial charge in [-0.3, -0.25) is 9.97 Å². The monoisotopic (exact) mass is 665 g/mol. The van der Waals surface area contributed by atoms with Gasteiger partial charge in [-0.05, 0) is 81.5 Å². The zero-order chi connectivity index (χ0) is 29.3. The molecule has 0 atom stereocenters. The average Bonchev–Trinajstić information content (AvgIpc) is 3.53. The molecule has 0 bridgehead atoms. The third kappa shape index (κ3) is 5.85. The average molecular weight is 667 g/mol. The van der Waals surface area contributed by atoms with Crippen LogP contribution in [0.4, 0.5) is 28.8 Å². The number of hydrogen-bond acceptors (Lipinski definition) is 11. The summed E-state index contributed by atoms with van der Waals surface area (Å²) in [5.74, 6) is 1.57. The molecule has 3 aromatic heterocycles. The van der Waals surface area contributed by atoms with Crippen molar-refractivity contribution in [3.05, 3.63) is 64.2 Å². The lowest BCUT2D eigenvalue weighted by atomic mass is 10.1. The van der Waals surface area contributed by atoms with Gasteiger partial charge in [0, 0.05) is 31.7 Å². The van der Waals surface area contributed by atoms with Crippen molar-refractivity contribution in [2.45, 2.75) is 0 Å². The van der Waals surface area contributed by atoms with Crippen molar-refractivity contribution in [3.8, 4) is 16.9 Å². The van der Waals surface area contributed by atoms with E-state index in [1.807, 2.05) is 18.2 Å². The van der Waals surface area contributed by atoms with Gasteiger partial charge < -0.3 is 29.6 Å². The third-order valence-corrected chi connectivity index (χ3v) is 9.67. The molecule has 2 N–H and O–H groups in total. The largest absolute Gasteiger partial charge is 0.492 e. The van der Waals surface area contributed by atoms with Crippen LogP contribution in [-0.4, -0.2) is 66.7 Å². The number of methoxy groups -OCH3 is 1. The number of rotatable bonds is 8. The summed E-state index contributed by atoms with van der Waals surface area (Å²) in [7, 11) is -1.08. The summed E-state index contributed by atoms with van der Waals surface area (Å²) < 4.78 is 25.6. The van der Waals surface area contributed by atoms with Crippen molar-refractivity contribution < 1.29 is 14.0 Å². The molecule has 42 heavy (non-hydrogen) atoms. The number of fused-ring (bicyclic) bond motifs is 1. The van der Waals surface area contributed by atoms with E-state index in [1.165, 1.54) is 0 Å². The molecule has 1 saturated heterocycles. The van der Waals surface area contributed by atoms with Gasteiger partial charge in [-0.25, -0.2) is 4.98 Å². The van der Waals surface area contributed by atoms with Gasteiger partial charge in [-0.15, -0.1) is 0 Å². The molecule has 216 valence electrons. The number of benzene rings is 2. The molecule has 2 aromatic carbocycles. The van der Waals surface area contributed by atoms with Gasteiger partial charge in [0.1, 0.15) is 18.5 Å². The Labute approximate surface area is 256 Å². The Hall–Kier alpha value is -3.57. The number of aromatic nitrogens is 4. The number of anilines is 5. The fraction of sp³-hybridized carbons (Fsp3) is 0.241. The minimum atomic E-state index is -2.75. The molecule has 0 radical (unpaired) electrons. The summed E-state index contributed by atoms with van der Waals surface area (Å²) in [5, 5.41) is 11.6. The minimum absolute atomic E-state index is 0.368. The van der Waals surface area contributed by atoms with Crippen molar-refractivity contribution in [1.82, 2.24) is 19.9 Å². The lowest BCUT2D eigenvalue weighted by molar-refractivity contribution is 0.122. The van der Waals surface area contributed by atoms with E-state index in [9.17, 15) is 4.57 Å². The van der Waals surface area contributed by atoms with Crippen LogP contribution in [0, 0.1) is 0 Å². The molecule has 5 aromatic rings. The SMILES string of the molecule is COc1c(Nc2ncc(Br)c(Nc3ccc4nccnc4c3P(C)(C)=O)n2)cc(-c2ccsc2)cc1N1CCOCC1. The van der Waals surface area contributed by atoms with Crippen LogP contribution in [0.3, 0.4) is 0 Å². The van der Waals surface area contributed by atoms with Crippen LogP contribution in [0.5, 0.6) is 5.75 Å². The number of thiophene rings is 1. The number of halogens is 1. The van der Waals surface area contributed by atoms with Crippen LogP contribution in [0.1, 0.15) is 0 Å². The fourth-order valence-corrected chi connectivity index (χ4v) is 7.33. The Bertz CT molecular complexity index is 1790. The highest BCUT2D eigenvalue weighted by Gasteiger charge is 2.24. The standard InChI is InChI=1S/C29H29BrN7O3PS/c1-39-26-23(14-19(18-6-13-42-17-18)15-24(26)37-9-11-40-12-10-37)35-29-33-16-20(30)28(36-29)34-22-5-4-21-25(32-8-7-31-21)27(22)41(2,3)38/h4-8,13-17H,9-12H2,1-3H3,(H2,33,34,35,36).